The van der Waals surface area contributed by atoms with Gasteiger partial charge in [-0.25, -0.2) is 4.68 Å². The van der Waals surface area contributed by atoms with Gasteiger partial charge in [0.15, 0.2) is 0 Å². The van der Waals surface area contributed by atoms with E-state index in [1.165, 1.54) is 16.8 Å². The Morgan fingerprint density at radius 2 is 2.00 bits per heavy atom. The Labute approximate surface area is 140 Å². The van der Waals surface area contributed by atoms with Gasteiger partial charge < -0.3 is 9.64 Å². The summed E-state index contributed by atoms with van der Waals surface area (Å²) in [5.74, 6) is -0.132. The van der Waals surface area contributed by atoms with Crippen LogP contribution in [0.3, 0.4) is 0 Å². The van der Waals surface area contributed by atoms with Crippen molar-refractivity contribution in [1.29, 1.82) is 0 Å². The summed E-state index contributed by atoms with van der Waals surface area (Å²) in [4.78, 5) is 26.6. The van der Waals surface area contributed by atoms with Crippen molar-refractivity contribution in [1.82, 2.24) is 14.7 Å². The van der Waals surface area contributed by atoms with E-state index in [2.05, 4.69) is 5.10 Å². The zero-order valence-electron chi connectivity index (χ0n) is 13.7. The van der Waals surface area contributed by atoms with Crippen molar-refractivity contribution in [3.05, 3.63) is 64.1 Å². The molecule has 0 aliphatic heterocycles. The molecule has 0 radical (unpaired) electrons. The summed E-state index contributed by atoms with van der Waals surface area (Å²) in [5, 5.41) is 4.22. The molecular formula is C18H21N3O3. The highest BCUT2D eigenvalue weighted by Crippen LogP contribution is 2.29. The van der Waals surface area contributed by atoms with E-state index in [4.69, 9.17) is 4.74 Å². The minimum Gasteiger partial charge on any atom is -0.383 e. The van der Waals surface area contributed by atoms with Crippen LogP contribution in [0.15, 0.2) is 47.3 Å². The summed E-state index contributed by atoms with van der Waals surface area (Å²) in [7, 11) is 1.56. The van der Waals surface area contributed by atoms with E-state index in [0.717, 1.165) is 18.4 Å². The molecule has 6 nitrogen and oxygen atoms in total. The van der Waals surface area contributed by atoms with E-state index < -0.39 is 0 Å². The van der Waals surface area contributed by atoms with Crippen LogP contribution in [0, 0.1) is 0 Å². The van der Waals surface area contributed by atoms with Gasteiger partial charge in [-0.1, -0.05) is 30.3 Å². The number of hydrogen-bond donors (Lipinski definition) is 0. The van der Waals surface area contributed by atoms with E-state index >= 15 is 0 Å². The van der Waals surface area contributed by atoms with Gasteiger partial charge in [0, 0.05) is 25.8 Å². The van der Waals surface area contributed by atoms with Gasteiger partial charge in [-0.05, 0) is 24.5 Å². The first-order valence-electron chi connectivity index (χ1n) is 8.11. The molecule has 0 saturated heterocycles. The highest BCUT2D eigenvalue weighted by molar-refractivity contribution is 5.92. The molecule has 126 valence electrons. The van der Waals surface area contributed by atoms with Gasteiger partial charge in [0.2, 0.25) is 0 Å². The number of amides is 1. The van der Waals surface area contributed by atoms with Crippen molar-refractivity contribution in [2.75, 3.05) is 13.7 Å². The van der Waals surface area contributed by atoms with Crippen molar-refractivity contribution in [3.8, 4) is 0 Å². The van der Waals surface area contributed by atoms with Crippen LogP contribution in [-0.2, 0) is 17.8 Å². The predicted octanol–water partition coefficient (Wildman–Crippen LogP) is 1.69. The molecule has 1 aromatic heterocycles. The smallest absolute Gasteiger partial charge is 0.274 e. The zero-order valence-corrected chi connectivity index (χ0v) is 13.7. The van der Waals surface area contributed by atoms with E-state index in [9.17, 15) is 9.59 Å². The van der Waals surface area contributed by atoms with Gasteiger partial charge in [0.1, 0.15) is 5.69 Å². The molecule has 0 spiro atoms. The molecule has 1 fully saturated rings. The first-order chi connectivity index (χ1) is 11.7. The van der Waals surface area contributed by atoms with Crippen LogP contribution in [0.2, 0.25) is 0 Å². The van der Waals surface area contributed by atoms with Gasteiger partial charge >= 0.3 is 0 Å². The molecule has 1 heterocycles. The van der Waals surface area contributed by atoms with Gasteiger partial charge in [0.05, 0.1) is 13.2 Å². The van der Waals surface area contributed by atoms with Crippen LogP contribution in [0.5, 0.6) is 0 Å². The Kier molecular flexibility index (Phi) is 5.05. The second kappa shape index (κ2) is 7.40. The maximum atomic E-state index is 12.9. The molecule has 1 amide bonds. The molecule has 24 heavy (non-hydrogen) atoms. The van der Waals surface area contributed by atoms with E-state index in [1.807, 2.05) is 35.2 Å². The first-order valence-corrected chi connectivity index (χ1v) is 8.11. The Morgan fingerprint density at radius 3 is 2.67 bits per heavy atom. The Bertz CT molecular complexity index is 754. The number of carbonyl (C=O) groups is 1. The minimum absolute atomic E-state index is 0.132. The lowest BCUT2D eigenvalue weighted by molar-refractivity contribution is 0.0720. The van der Waals surface area contributed by atoms with Crippen molar-refractivity contribution >= 4 is 5.91 Å². The molecule has 0 unspecified atom stereocenters. The lowest BCUT2D eigenvalue weighted by atomic mass is 10.2. The third kappa shape index (κ3) is 3.89. The second-order valence-corrected chi connectivity index (χ2v) is 5.92. The van der Waals surface area contributed by atoms with E-state index in [0.29, 0.717) is 25.4 Å². The van der Waals surface area contributed by atoms with Crippen molar-refractivity contribution in [3.63, 3.8) is 0 Å². The fourth-order valence-corrected chi connectivity index (χ4v) is 2.58. The van der Waals surface area contributed by atoms with Gasteiger partial charge in [-0.3, -0.25) is 9.59 Å². The summed E-state index contributed by atoms with van der Waals surface area (Å²) in [6.07, 6.45) is 2.03. The molecule has 1 aliphatic carbocycles. The summed E-state index contributed by atoms with van der Waals surface area (Å²) >= 11 is 0. The van der Waals surface area contributed by atoms with Gasteiger partial charge in [0.25, 0.3) is 11.5 Å². The molecule has 2 aromatic rings. The third-order valence-electron chi connectivity index (χ3n) is 4.04. The van der Waals surface area contributed by atoms with E-state index in [-0.39, 0.29) is 17.5 Å². The molecule has 0 N–H and O–H groups in total. The maximum Gasteiger partial charge on any atom is 0.274 e. The van der Waals surface area contributed by atoms with Crippen molar-refractivity contribution < 1.29 is 9.53 Å². The predicted molar refractivity (Wildman–Crippen MR) is 89.7 cm³/mol. The van der Waals surface area contributed by atoms with Gasteiger partial charge in [-0.2, -0.15) is 5.10 Å². The Hall–Kier alpha value is -2.47. The maximum absolute atomic E-state index is 12.9. The molecule has 3 rings (SSSR count). The summed E-state index contributed by atoms with van der Waals surface area (Å²) < 4.78 is 6.26. The quantitative estimate of drug-likeness (QED) is 0.776. The molecule has 0 atom stereocenters. The second-order valence-electron chi connectivity index (χ2n) is 5.92. The topological polar surface area (TPSA) is 64.4 Å². The molecule has 1 saturated carbocycles. The minimum atomic E-state index is -0.232. The summed E-state index contributed by atoms with van der Waals surface area (Å²) in [5.41, 5.74) is 1.16. The lowest BCUT2D eigenvalue weighted by Gasteiger charge is -2.22. The van der Waals surface area contributed by atoms with Crippen LogP contribution < -0.4 is 5.56 Å². The fraction of sp³-hybridized carbons (Fsp3) is 0.389. The highest BCUT2D eigenvalue weighted by Gasteiger charge is 2.33. The fourth-order valence-electron chi connectivity index (χ4n) is 2.58. The largest absolute Gasteiger partial charge is 0.383 e. The average Bonchev–Trinajstić information content (AvgIpc) is 3.44. The molecule has 1 aromatic carbocycles. The zero-order chi connectivity index (χ0) is 16.9. The lowest BCUT2D eigenvalue weighted by Crippen LogP contribution is -2.35. The highest BCUT2D eigenvalue weighted by atomic mass is 16.5. The number of benzene rings is 1. The number of methoxy groups -OCH3 is 1. The van der Waals surface area contributed by atoms with E-state index in [1.54, 1.807) is 7.11 Å². The molecule has 0 bridgehead atoms. The Morgan fingerprint density at radius 1 is 1.25 bits per heavy atom. The van der Waals surface area contributed by atoms with Gasteiger partial charge in [-0.15, -0.1) is 0 Å². The Balaban J connectivity index is 1.81. The van der Waals surface area contributed by atoms with Crippen LogP contribution in [-0.4, -0.2) is 40.3 Å². The van der Waals surface area contributed by atoms with Crippen LogP contribution in [0.25, 0.3) is 0 Å². The molecule has 6 heteroatoms. The van der Waals surface area contributed by atoms with Crippen LogP contribution >= 0.6 is 0 Å². The van der Waals surface area contributed by atoms with Crippen LogP contribution in [0.4, 0.5) is 0 Å². The van der Waals surface area contributed by atoms with Crippen molar-refractivity contribution in [2.24, 2.45) is 0 Å². The standard InChI is InChI=1S/C18H21N3O3/c1-24-12-11-21-17(22)10-9-16(19-21)18(23)20(15-7-8-15)13-14-5-3-2-4-6-14/h2-6,9-10,15H,7-8,11-13H2,1H3. The number of aromatic nitrogens is 2. The first kappa shape index (κ1) is 16.4. The number of carbonyl (C=O) groups excluding carboxylic acids is 1. The number of hydrogen-bond acceptors (Lipinski definition) is 4. The number of nitrogens with zero attached hydrogens (tertiary/aromatic N) is 3. The number of ether oxygens (including phenoxy) is 1. The molecular weight excluding hydrogens is 306 g/mol. The third-order valence-corrected chi connectivity index (χ3v) is 4.04. The molecule has 1 aliphatic rings. The normalized spacial score (nSPS) is 13.7. The average molecular weight is 327 g/mol. The number of rotatable bonds is 7. The van der Waals surface area contributed by atoms with Crippen molar-refractivity contribution in [2.45, 2.75) is 32.0 Å². The van der Waals surface area contributed by atoms with Crippen LogP contribution in [0.1, 0.15) is 28.9 Å². The summed E-state index contributed by atoms with van der Waals surface area (Å²) in [6, 6.07) is 13.1. The monoisotopic (exact) mass is 327 g/mol. The summed E-state index contributed by atoms with van der Waals surface area (Å²) in [6.45, 7) is 1.27. The SMILES string of the molecule is COCCn1nc(C(=O)N(Cc2ccccc2)C2CC2)ccc1=O.